The molecule has 0 radical (unpaired) electrons. The molecule has 2 N–H and O–H groups in total. The molecule has 0 aliphatic rings. The number of carboxylic acid groups (broad SMARTS) is 1. The Hall–Kier alpha value is -1.92. The standard InChI is InChI=1S/C11H18N4O3/c1-5-7-12-8(14-13-7)9(16)15(6-2)11(3,4)10(17)18/h5-6H2,1-4H3,(H,17,18)(H,12,13,14). The molecule has 0 bridgehead atoms. The van der Waals surface area contributed by atoms with Crippen LogP contribution in [0.1, 0.15) is 44.1 Å². The maximum Gasteiger partial charge on any atom is 0.329 e. The number of nitrogens with one attached hydrogen (secondary N) is 1. The number of H-pyrrole nitrogens is 1. The fourth-order valence-electron chi connectivity index (χ4n) is 1.58. The monoisotopic (exact) mass is 254 g/mol. The van der Waals surface area contributed by atoms with Crippen molar-refractivity contribution < 1.29 is 14.7 Å². The quantitative estimate of drug-likeness (QED) is 0.805. The highest BCUT2D eigenvalue weighted by Gasteiger charge is 2.38. The number of aliphatic carboxylic acids is 1. The van der Waals surface area contributed by atoms with Gasteiger partial charge in [-0.15, -0.1) is 5.10 Å². The van der Waals surface area contributed by atoms with Crippen LogP contribution in [0.25, 0.3) is 0 Å². The number of likely N-dealkylation sites (N-methyl/N-ethyl adjacent to an activating group) is 1. The third kappa shape index (κ3) is 2.49. The van der Waals surface area contributed by atoms with Crippen LogP contribution in [0, 0.1) is 0 Å². The molecular weight excluding hydrogens is 236 g/mol. The van der Waals surface area contributed by atoms with Gasteiger partial charge in [-0.2, -0.15) is 0 Å². The molecule has 100 valence electrons. The summed E-state index contributed by atoms with van der Waals surface area (Å²) in [6, 6.07) is 0. The lowest BCUT2D eigenvalue weighted by Crippen LogP contribution is -2.53. The maximum atomic E-state index is 12.2. The summed E-state index contributed by atoms with van der Waals surface area (Å²) in [5.41, 5.74) is -1.29. The summed E-state index contributed by atoms with van der Waals surface area (Å²) in [7, 11) is 0. The van der Waals surface area contributed by atoms with Crippen LogP contribution in [0.15, 0.2) is 0 Å². The van der Waals surface area contributed by atoms with Gasteiger partial charge in [0.1, 0.15) is 11.4 Å². The van der Waals surface area contributed by atoms with Gasteiger partial charge < -0.3 is 10.0 Å². The van der Waals surface area contributed by atoms with Gasteiger partial charge in [0, 0.05) is 13.0 Å². The zero-order chi connectivity index (χ0) is 13.9. The van der Waals surface area contributed by atoms with Gasteiger partial charge in [0.25, 0.3) is 5.91 Å². The molecule has 7 heteroatoms. The van der Waals surface area contributed by atoms with Crippen molar-refractivity contribution in [2.75, 3.05) is 6.54 Å². The number of rotatable bonds is 5. The molecule has 1 aromatic heterocycles. The van der Waals surface area contributed by atoms with E-state index in [4.69, 9.17) is 5.11 Å². The summed E-state index contributed by atoms with van der Waals surface area (Å²) in [6.07, 6.45) is 0.634. The second-order valence-corrected chi connectivity index (χ2v) is 4.37. The molecular formula is C11H18N4O3. The number of amides is 1. The van der Waals surface area contributed by atoms with Crippen LogP contribution in [0.5, 0.6) is 0 Å². The molecule has 1 heterocycles. The zero-order valence-electron chi connectivity index (χ0n) is 11.0. The number of hydrogen-bond donors (Lipinski definition) is 2. The highest BCUT2D eigenvalue weighted by Crippen LogP contribution is 2.16. The molecule has 18 heavy (non-hydrogen) atoms. The first-order chi connectivity index (χ1) is 8.34. The van der Waals surface area contributed by atoms with Crippen LogP contribution < -0.4 is 0 Å². The number of aryl methyl sites for hydroxylation is 1. The molecule has 0 saturated carbocycles. The molecule has 0 atom stereocenters. The van der Waals surface area contributed by atoms with Gasteiger partial charge in [-0.05, 0) is 20.8 Å². The third-order valence-corrected chi connectivity index (χ3v) is 2.82. The summed E-state index contributed by atoms with van der Waals surface area (Å²) in [5.74, 6) is -0.949. The van der Waals surface area contributed by atoms with E-state index in [-0.39, 0.29) is 12.4 Å². The SMILES string of the molecule is CCc1nc(C(=O)N(CC)C(C)(C)C(=O)O)n[nH]1. The van der Waals surface area contributed by atoms with Gasteiger partial charge in [-0.1, -0.05) is 6.92 Å². The summed E-state index contributed by atoms with van der Waals surface area (Å²) in [6.45, 7) is 6.83. The van der Waals surface area contributed by atoms with Crippen molar-refractivity contribution >= 4 is 11.9 Å². The lowest BCUT2D eigenvalue weighted by atomic mass is 10.0. The number of carbonyl (C=O) groups is 2. The summed E-state index contributed by atoms with van der Waals surface area (Å²) in [4.78, 5) is 28.6. The number of aromatic nitrogens is 3. The molecule has 0 unspecified atom stereocenters. The van der Waals surface area contributed by atoms with Crippen molar-refractivity contribution in [3.8, 4) is 0 Å². The van der Waals surface area contributed by atoms with Crippen LogP contribution in [0.4, 0.5) is 0 Å². The normalized spacial score (nSPS) is 11.3. The number of carbonyl (C=O) groups excluding carboxylic acids is 1. The van der Waals surface area contributed by atoms with Crippen LogP contribution >= 0.6 is 0 Å². The molecule has 0 aliphatic heterocycles. The smallest absolute Gasteiger partial charge is 0.329 e. The van der Waals surface area contributed by atoms with Crippen molar-refractivity contribution in [3.63, 3.8) is 0 Å². The Morgan fingerprint density at radius 2 is 2.00 bits per heavy atom. The Morgan fingerprint density at radius 1 is 1.39 bits per heavy atom. The Labute approximate surface area is 105 Å². The predicted octanol–water partition coefficient (Wildman–Crippen LogP) is 0.692. The largest absolute Gasteiger partial charge is 0.480 e. The average Bonchev–Trinajstić information content (AvgIpc) is 2.77. The fourth-order valence-corrected chi connectivity index (χ4v) is 1.58. The van der Waals surface area contributed by atoms with E-state index in [1.165, 1.54) is 18.7 Å². The molecule has 0 aromatic carbocycles. The first-order valence-corrected chi connectivity index (χ1v) is 5.81. The number of carboxylic acids is 1. The van der Waals surface area contributed by atoms with Gasteiger partial charge in [0.2, 0.25) is 5.82 Å². The summed E-state index contributed by atoms with van der Waals surface area (Å²) in [5, 5.41) is 15.6. The van der Waals surface area contributed by atoms with Crippen LogP contribution in [-0.2, 0) is 11.2 Å². The minimum absolute atomic E-state index is 0.00280. The van der Waals surface area contributed by atoms with E-state index in [0.717, 1.165) is 0 Å². The summed E-state index contributed by atoms with van der Waals surface area (Å²) >= 11 is 0. The fraction of sp³-hybridized carbons (Fsp3) is 0.636. The van der Waals surface area contributed by atoms with Gasteiger partial charge in [-0.25, -0.2) is 9.78 Å². The van der Waals surface area contributed by atoms with Crippen LogP contribution in [0.2, 0.25) is 0 Å². The highest BCUT2D eigenvalue weighted by atomic mass is 16.4. The molecule has 0 saturated heterocycles. The van der Waals surface area contributed by atoms with Crippen LogP contribution in [0.3, 0.4) is 0 Å². The second-order valence-electron chi connectivity index (χ2n) is 4.37. The molecule has 0 spiro atoms. The first-order valence-electron chi connectivity index (χ1n) is 5.81. The van der Waals surface area contributed by atoms with Crippen molar-refractivity contribution in [1.29, 1.82) is 0 Å². The van der Waals surface area contributed by atoms with Gasteiger partial charge in [-0.3, -0.25) is 9.89 Å². The third-order valence-electron chi connectivity index (χ3n) is 2.82. The second kappa shape index (κ2) is 5.16. The molecule has 1 aromatic rings. The van der Waals surface area contributed by atoms with Crippen molar-refractivity contribution in [2.24, 2.45) is 0 Å². The lowest BCUT2D eigenvalue weighted by molar-refractivity contribution is -0.147. The van der Waals surface area contributed by atoms with E-state index >= 15 is 0 Å². The van der Waals surface area contributed by atoms with Gasteiger partial charge in [0.05, 0.1) is 0 Å². The Kier molecular flexibility index (Phi) is 4.05. The lowest BCUT2D eigenvalue weighted by Gasteiger charge is -2.33. The zero-order valence-corrected chi connectivity index (χ0v) is 11.0. The van der Waals surface area contributed by atoms with Crippen LogP contribution in [-0.4, -0.2) is 49.1 Å². The number of hydrogen-bond acceptors (Lipinski definition) is 4. The molecule has 7 nitrogen and oxygen atoms in total. The van der Waals surface area contributed by atoms with Crippen molar-refractivity contribution in [2.45, 2.75) is 39.7 Å². The van der Waals surface area contributed by atoms with Gasteiger partial charge >= 0.3 is 5.97 Å². The maximum absolute atomic E-state index is 12.2. The first kappa shape index (κ1) is 14.1. The van der Waals surface area contributed by atoms with E-state index in [1.807, 2.05) is 6.92 Å². The highest BCUT2D eigenvalue weighted by molar-refractivity contribution is 5.94. The van der Waals surface area contributed by atoms with E-state index in [1.54, 1.807) is 6.92 Å². The Morgan fingerprint density at radius 3 is 2.39 bits per heavy atom. The number of aromatic amines is 1. The minimum Gasteiger partial charge on any atom is -0.480 e. The number of nitrogens with zero attached hydrogens (tertiary/aromatic N) is 3. The predicted molar refractivity (Wildman–Crippen MR) is 64.2 cm³/mol. The summed E-state index contributed by atoms with van der Waals surface area (Å²) < 4.78 is 0. The molecule has 0 fully saturated rings. The van der Waals surface area contributed by atoms with Crippen molar-refractivity contribution in [3.05, 3.63) is 11.6 Å². The Balaban J connectivity index is 3.02. The van der Waals surface area contributed by atoms with E-state index in [9.17, 15) is 9.59 Å². The van der Waals surface area contributed by atoms with E-state index < -0.39 is 17.4 Å². The van der Waals surface area contributed by atoms with Gasteiger partial charge in [0.15, 0.2) is 0 Å². The van der Waals surface area contributed by atoms with E-state index in [2.05, 4.69) is 15.2 Å². The molecule has 1 rings (SSSR count). The average molecular weight is 254 g/mol. The molecule has 0 aliphatic carbocycles. The van der Waals surface area contributed by atoms with Crippen molar-refractivity contribution in [1.82, 2.24) is 20.1 Å². The van der Waals surface area contributed by atoms with E-state index in [0.29, 0.717) is 12.2 Å². The minimum atomic E-state index is -1.29. The Bertz CT molecular complexity index is 453. The molecule has 1 amide bonds. The topological polar surface area (TPSA) is 99.2 Å².